The van der Waals surface area contributed by atoms with Crippen molar-refractivity contribution >= 4 is 11.9 Å². The van der Waals surface area contributed by atoms with E-state index < -0.39 is 5.97 Å². The molecule has 0 aromatic heterocycles. The second-order valence-corrected chi connectivity index (χ2v) is 4.26. The lowest BCUT2D eigenvalue weighted by Crippen LogP contribution is -2.45. The van der Waals surface area contributed by atoms with E-state index in [-0.39, 0.29) is 30.8 Å². The molecule has 5 heteroatoms. The molecule has 0 saturated carbocycles. The van der Waals surface area contributed by atoms with Gasteiger partial charge in [-0.2, -0.15) is 0 Å². The van der Waals surface area contributed by atoms with Gasteiger partial charge < -0.3 is 15.1 Å². The van der Waals surface area contributed by atoms with Crippen LogP contribution < -0.4 is 0 Å². The van der Waals surface area contributed by atoms with E-state index in [0.717, 1.165) is 6.42 Å². The van der Waals surface area contributed by atoms with Crippen molar-refractivity contribution in [1.82, 2.24) is 4.90 Å². The van der Waals surface area contributed by atoms with Crippen LogP contribution in [0.5, 0.6) is 0 Å². The van der Waals surface area contributed by atoms with Gasteiger partial charge in [0, 0.05) is 25.4 Å². The van der Waals surface area contributed by atoms with Crippen LogP contribution >= 0.6 is 0 Å². The van der Waals surface area contributed by atoms with Gasteiger partial charge in [-0.25, -0.2) is 0 Å². The standard InChI is InChI=1S/C11H19NO4/c1-2-8-7-12(6-5-9(8)13)10(14)3-4-11(15)16/h8-9,13H,2-7H2,1H3,(H,15,16)/t8-,9-/m0/s1. The zero-order chi connectivity index (χ0) is 12.1. The van der Waals surface area contributed by atoms with Gasteiger partial charge in [-0.15, -0.1) is 0 Å². The van der Waals surface area contributed by atoms with Crippen LogP contribution in [0, 0.1) is 5.92 Å². The van der Waals surface area contributed by atoms with Crippen LogP contribution in [-0.4, -0.2) is 46.2 Å². The molecular weight excluding hydrogens is 210 g/mol. The van der Waals surface area contributed by atoms with E-state index in [2.05, 4.69) is 0 Å². The van der Waals surface area contributed by atoms with E-state index in [1.165, 1.54) is 0 Å². The third-order valence-corrected chi connectivity index (χ3v) is 3.12. The molecule has 16 heavy (non-hydrogen) atoms. The maximum absolute atomic E-state index is 11.7. The smallest absolute Gasteiger partial charge is 0.303 e. The molecule has 1 aliphatic rings. The first kappa shape index (κ1) is 13.0. The van der Waals surface area contributed by atoms with Gasteiger partial charge in [0.15, 0.2) is 0 Å². The Morgan fingerprint density at radius 1 is 1.38 bits per heavy atom. The number of hydrogen-bond donors (Lipinski definition) is 2. The Kier molecular flexibility index (Phi) is 4.73. The Bertz CT molecular complexity index is 267. The lowest BCUT2D eigenvalue weighted by atomic mass is 9.92. The van der Waals surface area contributed by atoms with Crippen LogP contribution in [0.4, 0.5) is 0 Å². The number of likely N-dealkylation sites (tertiary alicyclic amines) is 1. The predicted molar refractivity (Wildman–Crippen MR) is 57.9 cm³/mol. The molecule has 5 nitrogen and oxygen atoms in total. The topological polar surface area (TPSA) is 77.8 Å². The molecule has 1 rings (SSSR count). The number of hydrogen-bond acceptors (Lipinski definition) is 3. The minimum absolute atomic E-state index is 0.0574. The first-order chi connectivity index (χ1) is 7.54. The Labute approximate surface area is 95.1 Å². The highest BCUT2D eigenvalue weighted by atomic mass is 16.4. The summed E-state index contributed by atoms with van der Waals surface area (Å²) >= 11 is 0. The minimum Gasteiger partial charge on any atom is -0.481 e. The van der Waals surface area contributed by atoms with Crippen LogP contribution in [0.2, 0.25) is 0 Å². The average molecular weight is 229 g/mol. The summed E-state index contributed by atoms with van der Waals surface area (Å²) < 4.78 is 0. The summed E-state index contributed by atoms with van der Waals surface area (Å²) in [5.74, 6) is -0.937. The highest BCUT2D eigenvalue weighted by Gasteiger charge is 2.28. The van der Waals surface area contributed by atoms with Crippen LogP contribution in [0.1, 0.15) is 32.6 Å². The summed E-state index contributed by atoms with van der Waals surface area (Å²) in [5, 5.41) is 18.1. The SMILES string of the molecule is CC[C@H]1CN(C(=O)CCC(=O)O)CC[C@@H]1O. The fourth-order valence-corrected chi connectivity index (χ4v) is 2.02. The van der Waals surface area contributed by atoms with E-state index in [4.69, 9.17) is 5.11 Å². The molecule has 0 unspecified atom stereocenters. The maximum atomic E-state index is 11.7. The van der Waals surface area contributed by atoms with Crippen molar-refractivity contribution in [2.75, 3.05) is 13.1 Å². The summed E-state index contributed by atoms with van der Waals surface area (Å²) in [5.41, 5.74) is 0. The second-order valence-electron chi connectivity index (χ2n) is 4.26. The quantitative estimate of drug-likeness (QED) is 0.734. The van der Waals surface area contributed by atoms with Crippen LogP contribution in [0.25, 0.3) is 0 Å². The van der Waals surface area contributed by atoms with E-state index in [9.17, 15) is 14.7 Å². The van der Waals surface area contributed by atoms with E-state index in [1.807, 2.05) is 6.92 Å². The van der Waals surface area contributed by atoms with Gasteiger partial charge in [0.25, 0.3) is 0 Å². The van der Waals surface area contributed by atoms with Gasteiger partial charge in [0.2, 0.25) is 5.91 Å². The predicted octanol–water partition coefficient (Wildman–Crippen LogP) is 0.471. The van der Waals surface area contributed by atoms with Crippen molar-refractivity contribution in [2.24, 2.45) is 5.92 Å². The number of carboxylic acids is 1. The molecule has 1 heterocycles. The summed E-state index contributed by atoms with van der Waals surface area (Å²) in [6.45, 7) is 3.07. The van der Waals surface area contributed by atoms with Crippen molar-refractivity contribution in [3.8, 4) is 0 Å². The molecular formula is C11H19NO4. The second kappa shape index (κ2) is 5.84. The van der Waals surface area contributed by atoms with E-state index in [0.29, 0.717) is 19.5 Å². The Morgan fingerprint density at radius 2 is 2.06 bits per heavy atom. The van der Waals surface area contributed by atoms with Gasteiger partial charge in [0.1, 0.15) is 0 Å². The third-order valence-electron chi connectivity index (χ3n) is 3.12. The molecule has 0 bridgehead atoms. The molecule has 1 saturated heterocycles. The zero-order valence-electron chi connectivity index (χ0n) is 9.56. The van der Waals surface area contributed by atoms with Crippen molar-refractivity contribution in [1.29, 1.82) is 0 Å². The van der Waals surface area contributed by atoms with Crippen molar-refractivity contribution in [3.05, 3.63) is 0 Å². The molecule has 1 aliphatic heterocycles. The fraction of sp³-hybridized carbons (Fsp3) is 0.818. The number of carbonyl (C=O) groups is 2. The zero-order valence-corrected chi connectivity index (χ0v) is 9.56. The van der Waals surface area contributed by atoms with Crippen LogP contribution in [0.15, 0.2) is 0 Å². The number of amides is 1. The van der Waals surface area contributed by atoms with E-state index >= 15 is 0 Å². The van der Waals surface area contributed by atoms with Gasteiger partial charge in [-0.05, 0) is 12.8 Å². The molecule has 0 spiro atoms. The van der Waals surface area contributed by atoms with Crippen molar-refractivity contribution in [2.45, 2.75) is 38.7 Å². The molecule has 0 aromatic carbocycles. The number of aliphatic hydroxyl groups is 1. The largest absolute Gasteiger partial charge is 0.481 e. The Balaban J connectivity index is 2.42. The molecule has 0 radical (unpaired) electrons. The summed E-state index contributed by atoms with van der Waals surface area (Å²) in [6.07, 6.45) is 1.05. The first-order valence-electron chi connectivity index (χ1n) is 5.72. The lowest BCUT2D eigenvalue weighted by Gasteiger charge is -2.35. The molecule has 0 aromatic rings. The molecule has 2 atom stereocenters. The molecule has 1 amide bonds. The number of rotatable bonds is 4. The Morgan fingerprint density at radius 3 is 2.62 bits per heavy atom. The first-order valence-corrected chi connectivity index (χ1v) is 5.72. The number of aliphatic carboxylic acids is 1. The highest BCUT2D eigenvalue weighted by Crippen LogP contribution is 2.20. The number of piperidine rings is 1. The number of nitrogens with zero attached hydrogens (tertiary/aromatic N) is 1. The third kappa shape index (κ3) is 3.48. The molecule has 0 aliphatic carbocycles. The van der Waals surface area contributed by atoms with Crippen LogP contribution in [0.3, 0.4) is 0 Å². The molecule has 1 fully saturated rings. The van der Waals surface area contributed by atoms with Gasteiger partial charge in [-0.1, -0.05) is 6.92 Å². The monoisotopic (exact) mass is 229 g/mol. The van der Waals surface area contributed by atoms with Crippen molar-refractivity contribution in [3.63, 3.8) is 0 Å². The maximum Gasteiger partial charge on any atom is 0.303 e. The number of aliphatic hydroxyl groups excluding tert-OH is 1. The Hall–Kier alpha value is -1.10. The molecule has 92 valence electrons. The number of carbonyl (C=O) groups excluding carboxylic acids is 1. The van der Waals surface area contributed by atoms with Gasteiger partial charge in [0.05, 0.1) is 12.5 Å². The lowest BCUT2D eigenvalue weighted by molar-refractivity contribution is -0.142. The summed E-state index contributed by atoms with van der Waals surface area (Å²) in [7, 11) is 0. The van der Waals surface area contributed by atoms with E-state index in [1.54, 1.807) is 4.90 Å². The minimum atomic E-state index is -0.947. The van der Waals surface area contributed by atoms with Crippen molar-refractivity contribution < 1.29 is 19.8 Å². The van der Waals surface area contributed by atoms with Gasteiger partial charge >= 0.3 is 5.97 Å². The normalized spacial score (nSPS) is 25.5. The highest BCUT2D eigenvalue weighted by molar-refractivity contribution is 5.80. The number of carboxylic acid groups (broad SMARTS) is 1. The summed E-state index contributed by atoms with van der Waals surface area (Å²) in [6, 6.07) is 0. The van der Waals surface area contributed by atoms with Gasteiger partial charge in [-0.3, -0.25) is 9.59 Å². The summed E-state index contributed by atoms with van der Waals surface area (Å²) in [4.78, 5) is 23.7. The van der Waals surface area contributed by atoms with Crippen LogP contribution in [-0.2, 0) is 9.59 Å². The fourth-order valence-electron chi connectivity index (χ4n) is 2.02. The average Bonchev–Trinajstić information content (AvgIpc) is 2.26. The molecule has 2 N–H and O–H groups in total.